The van der Waals surface area contributed by atoms with Gasteiger partial charge in [0, 0.05) is 18.6 Å². The van der Waals surface area contributed by atoms with E-state index in [-0.39, 0.29) is 0 Å². The molecule has 16 heavy (non-hydrogen) atoms. The SMILES string of the molecule is Oc1ccc(CCC[n+]2ccccc2)cc1. The quantitative estimate of drug-likeness (QED) is 0.776. The van der Waals surface area contributed by atoms with Crippen LogP contribution in [0.25, 0.3) is 0 Å². The number of hydrogen-bond acceptors (Lipinski definition) is 1. The fraction of sp³-hybridized carbons (Fsp3) is 0.214. The zero-order valence-electron chi connectivity index (χ0n) is 9.21. The second-order valence-electron chi connectivity index (χ2n) is 3.88. The summed E-state index contributed by atoms with van der Waals surface area (Å²) in [5.74, 6) is 0.334. The van der Waals surface area contributed by atoms with Gasteiger partial charge in [0.1, 0.15) is 12.3 Å². The maximum absolute atomic E-state index is 9.16. The van der Waals surface area contributed by atoms with E-state index in [0.29, 0.717) is 5.75 Å². The van der Waals surface area contributed by atoms with Gasteiger partial charge in [-0.1, -0.05) is 18.2 Å². The molecule has 2 aromatic rings. The van der Waals surface area contributed by atoms with Gasteiger partial charge >= 0.3 is 0 Å². The summed E-state index contributed by atoms with van der Waals surface area (Å²) in [5.41, 5.74) is 1.27. The van der Waals surface area contributed by atoms with E-state index in [4.69, 9.17) is 5.11 Å². The molecule has 0 saturated carbocycles. The number of benzene rings is 1. The summed E-state index contributed by atoms with van der Waals surface area (Å²) in [6.45, 7) is 1.03. The fourth-order valence-electron chi connectivity index (χ4n) is 1.71. The Balaban J connectivity index is 1.82. The number of pyridine rings is 1. The van der Waals surface area contributed by atoms with E-state index in [1.807, 2.05) is 30.3 Å². The lowest BCUT2D eigenvalue weighted by atomic mass is 10.1. The first-order chi connectivity index (χ1) is 7.84. The van der Waals surface area contributed by atoms with Crippen LogP contribution in [0.15, 0.2) is 54.9 Å². The smallest absolute Gasteiger partial charge is 0.168 e. The lowest BCUT2D eigenvalue weighted by molar-refractivity contribution is -0.697. The summed E-state index contributed by atoms with van der Waals surface area (Å²) in [4.78, 5) is 0. The minimum absolute atomic E-state index is 0.334. The minimum Gasteiger partial charge on any atom is -0.508 e. The number of nitrogens with zero attached hydrogens (tertiary/aromatic N) is 1. The number of aromatic nitrogens is 1. The zero-order chi connectivity index (χ0) is 11.2. The van der Waals surface area contributed by atoms with E-state index in [0.717, 1.165) is 19.4 Å². The summed E-state index contributed by atoms with van der Waals surface area (Å²) < 4.78 is 2.18. The van der Waals surface area contributed by atoms with Crippen LogP contribution >= 0.6 is 0 Å². The molecular formula is C14H16NO+. The van der Waals surface area contributed by atoms with E-state index >= 15 is 0 Å². The van der Waals surface area contributed by atoms with Crippen LogP contribution in [0.2, 0.25) is 0 Å². The maximum atomic E-state index is 9.16. The van der Waals surface area contributed by atoms with Crippen LogP contribution in [0.3, 0.4) is 0 Å². The van der Waals surface area contributed by atoms with Crippen LogP contribution in [0.5, 0.6) is 5.75 Å². The molecule has 0 radical (unpaired) electrons. The molecular weight excluding hydrogens is 198 g/mol. The van der Waals surface area contributed by atoms with Gasteiger partial charge in [0.15, 0.2) is 12.4 Å². The molecule has 1 aromatic carbocycles. The number of phenolic OH excluding ortho intramolecular Hbond substituents is 1. The van der Waals surface area contributed by atoms with Crippen molar-refractivity contribution >= 4 is 0 Å². The molecule has 2 heteroatoms. The number of aromatic hydroxyl groups is 1. The van der Waals surface area contributed by atoms with Crippen molar-refractivity contribution in [1.82, 2.24) is 0 Å². The first kappa shape index (κ1) is 10.7. The Morgan fingerprint density at radius 1 is 0.938 bits per heavy atom. The predicted octanol–water partition coefficient (Wildman–Crippen LogP) is 2.31. The van der Waals surface area contributed by atoms with Crippen molar-refractivity contribution in [3.05, 3.63) is 60.4 Å². The Labute approximate surface area is 95.8 Å². The van der Waals surface area contributed by atoms with Crippen molar-refractivity contribution in [2.75, 3.05) is 0 Å². The van der Waals surface area contributed by atoms with Crippen LogP contribution < -0.4 is 4.57 Å². The molecule has 0 spiro atoms. The highest BCUT2D eigenvalue weighted by molar-refractivity contribution is 5.25. The molecule has 0 bridgehead atoms. The van der Waals surface area contributed by atoms with Gasteiger partial charge in [-0.3, -0.25) is 0 Å². The van der Waals surface area contributed by atoms with Gasteiger partial charge in [-0.2, -0.15) is 0 Å². The Morgan fingerprint density at radius 3 is 2.31 bits per heavy atom. The van der Waals surface area contributed by atoms with Crippen molar-refractivity contribution < 1.29 is 9.67 Å². The normalized spacial score (nSPS) is 10.2. The molecule has 1 N–H and O–H groups in total. The lowest BCUT2D eigenvalue weighted by Gasteiger charge is -1.99. The molecule has 0 aliphatic carbocycles. The highest BCUT2D eigenvalue weighted by atomic mass is 16.3. The molecule has 0 saturated heterocycles. The van der Waals surface area contributed by atoms with Crippen LogP contribution in [0.1, 0.15) is 12.0 Å². The minimum atomic E-state index is 0.334. The third-order valence-electron chi connectivity index (χ3n) is 2.60. The predicted molar refractivity (Wildman–Crippen MR) is 63.1 cm³/mol. The topological polar surface area (TPSA) is 24.1 Å². The maximum Gasteiger partial charge on any atom is 0.168 e. The number of phenols is 1. The van der Waals surface area contributed by atoms with Gasteiger partial charge in [-0.15, -0.1) is 0 Å². The molecule has 0 aliphatic heterocycles. The van der Waals surface area contributed by atoms with Crippen molar-refractivity contribution in [2.24, 2.45) is 0 Å². The molecule has 0 amide bonds. The lowest BCUT2D eigenvalue weighted by Crippen LogP contribution is -2.32. The summed E-state index contributed by atoms with van der Waals surface area (Å²) in [6, 6.07) is 13.5. The number of hydrogen-bond donors (Lipinski definition) is 1. The molecule has 0 atom stereocenters. The highest BCUT2D eigenvalue weighted by Crippen LogP contribution is 2.10. The van der Waals surface area contributed by atoms with Gasteiger partial charge in [0.25, 0.3) is 0 Å². The molecule has 0 aliphatic rings. The molecule has 1 heterocycles. The van der Waals surface area contributed by atoms with E-state index < -0.39 is 0 Å². The summed E-state index contributed by atoms with van der Waals surface area (Å²) in [6.07, 6.45) is 6.31. The Kier molecular flexibility index (Phi) is 3.54. The molecule has 2 rings (SSSR count). The zero-order valence-corrected chi connectivity index (χ0v) is 9.21. The van der Waals surface area contributed by atoms with Gasteiger partial charge in [-0.05, 0) is 24.1 Å². The Bertz CT molecular complexity index is 422. The first-order valence-corrected chi connectivity index (χ1v) is 5.56. The molecule has 1 aromatic heterocycles. The standard InChI is InChI=1S/C14H15NO/c16-14-8-6-13(7-9-14)5-4-12-15-10-2-1-3-11-15/h1-3,6-11H,4-5,12H2/p+1. The molecule has 82 valence electrons. The largest absolute Gasteiger partial charge is 0.508 e. The van der Waals surface area contributed by atoms with Gasteiger partial charge in [-0.25, -0.2) is 4.57 Å². The molecule has 2 nitrogen and oxygen atoms in total. The van der Waals surface area contributed by atoms with Crippen molar-refractivity contribution in [3.63, 3.8) is 0 Å². The Hall–Kier alpha value is -1.83. The summed E-state index contributed by atoms with van der Waals surface area (Å²) >= 11 is 0. The third-order valence-corrected chi connectivity index (χ3v) is 2.60. The molecule has 0 fully saturated rings. The second kappa shape index (κ2) is 5.31. The summed E-state index contributed by atoms with van der Waals surface area (Å²) in [7, 11) is 0. The van der Waals surface area contributed by atoms with Crippen molar-refractivity contribution in [2.45, 2.75) is 19.4 Å². The average Bonchev–Trinajstić information content (AvgIpc) is 2.33. The van der Waals surface area contributed by atoms with Crippen LogP contribution in [-0.2, 0) is 13.0 Å². The second-order valence-corrected chi connectivity index (χ2v) is 3.88. The van der Waals surface area contributed by atoms with Crippen molar-refractivity contribution in [1.29, 1.82) is 0 Å². The van der Waals surface area contributed by atoms with Crippen LogP contribution in [0.4, 0.5) is 0 Å². The van der Waals surface area contributed by atoms with Gasteiger partial charge in [0.2, 0.25) is 0 Å². The number of rotatable bonds is 4. The average molecular weight is 214 g/mol. The highest BCUT2D eigenvalue weighted by Gasteiger charge is 1.99. The first-order valence-electron chi connectivity index (χ1n) is 5.56. The van der Waals surface area contributed by atoms with E-state index in [9.17, 15) is 0 Å². The molecule has 0 unspecified atom stereocenters. The van der Waals surface area contributed by atoms with Gasteiger partial charge < -0.3 is 5.11 Å². The third kappa shape index (κ3) is 3.09. The van der Waals surface area contributed by atoms with Crippen LogP contribution in [0, 0.1) is 0 Å². The van der Waals surface area contributed by atoms with E-state index in [2.05, 4.69) is 17.0 Å². The van der Waals surface area contributed by atoms with Crippen LogP contribution in [-0.4, -0.2) is 5.11 Å². The van der Waals surface area contributed by atoms with Crippen molar-refractivity contribution in [3.8, 4) is 5.75 Å². The fourth-order valence-corrected chi connectivity index (χ4v) is 1.71. The number of aryl methyl sites for hydroxylation is 2. The van der Waals surface area contributed by atoms with Gasteiger partial charge in [0.05, 0.1) is 0 Å². The van der Waals surface area contributed by atoms with E-state index in [1.54, 1.807) is 12.1 Å². The monoisotopic (exact) mass is 214 g/mol. The summed E-state index contributed by atoms with van der Waals surface area (Å²) in [5, 5.41) is 9.16. The Morgan fingerprint density at radius 2 is 1.62 bits per heavy atom. The van der Waals surface area contributed by atoms with E-state index in [1.165, 1.54) is 5.56 Å².